The number of nitrogens with zero attached hydrogens (tertiary/aromatic N) is 3. The van der Waals surface area contributed by atoms with Gasteiger partial charge in [-0.05, 0) is 19.1 Å². The van der Waals surface area contributed by atoms with Crippen LogP contribution in [0.4, 0.5) is 5.69 Å². The third-order valence-electron chi connectivity index (χ3n) is 4.65. The monoisotopic (exact) mass is 460 g/mol. The molecule has 25 heavy (non-hydrogen) atoms. The Labute approximate surface area is 167 Å². The van der Waals surface area contributed by atoms with Crippen molar-refractivity contribution in [2.24, 2.45) is 10.4 Å². The number of phenolic OH excluding ortho intramolecular Hbond substituents is 1. The van der Waals surface area contributed by atoms with Gasteiger partial charge in [-0.15, -0.1) is 24.0 Å². The van der Waals surface area contributed by atoms with Gasteiger partial charge in [0.25, 0.3) is 0 Å². The molecule has 0 aromatic heterocycles. The van der Waals surface area contributed by atoms with Gasteiger partial charge in [0.2, 0.25) is 0 Å². The summed E-state index contributed by atoms with van der Waals surface area (Å²) in [6.07, 6.45) is 0. The van der Waals surface area contributed by atoms with E-state index in [2.05, 4.69) is 29.0 Å². The van der Waals surface area contributed by atoms with Crippen LogP contribution in [0.3, 0.4) is 0 Å². The summed E-state index contributed by atoms with van der Waals surface area (Å²) in [7, 11) is 0. The smallest absolute Gasteiger partial charge is 0.194 e. The number of nitrogens with one attached hydrogen (secondary N) is 1. The van der Waals surface area contributed by atoms with Crippen molar-refractivity contribution < 1.29 is 9.84 Å². The third-order valence-corrected chi connectivity index (χ3v) is 4.65. The molecule has 0 amide bonds. The number of rotatable bonds is 4. The van der Waals surface area contributed by atoms with Crippen LogP contribution in [0.1, 0.15) is 13.8 Å². The van der Waals surface area contributed by atoms with E-state index in [9.17, 15) is 5.11 Å². The predicted octanol–water partition coefficient (Wildman–Crippen LogP) is 2.13. The fourth-order valence-corrected chi connectivity index (χ4v) is 3.12. The molecule has 0 radical (unpaired) electrons. The van der Waals surface area contributed by atoms with E-state index in [0.717, 1.165) is 64.1 Å². The van der Waals surface area contributed by atoms with Crippen LogP contribution in [0.15, 0.2) is 29.3 Å². The first-order valence-corrected chi connectivity index (χ1v) is 8.75. The molecule has 2 heterocycles. The number of guanidine groups is 1. The number of ether oxygens (including phenoxy) is 1. The molecule has 2 aliphatic rings. The zero-order valence-corrected chi connectivity index (χ0v) is 17.4. The van der Waals surface area contributed by atoms with E-state index < -0.39 is 0 Å². The molecule has 6 nitrogen and oxygen atoms in total. The van der Waals surface area contributed by atoms with E-state index in [1.807, 2.05) is 18.2 Å². The maximum atomic E-state index is 10.0. The van der Waals surface area contributed by atoms with Crippen molar-refractivity contribution in [2.45, 2.75) is 13.8 Å². The number of benzene rings is 1. The lowest BCUT2D eigenvalue weighted by Gasteiger charge is -2.39. The van der Waals surface area contributed by atoms with Crippen molar-refractivity contribution in [1.82, 2.24) is 10.2 Å². The van der Waals surface area contributed by atoms with Gasteiger partial charge < -0.3 is 25.0 Å². The van der Waals surface area contributed by atoms with Gasteiger partial charge in [0, 0.05) is 38.1 Å². The Balaban J connectivity index is 0.00000225. The van der Waals surface area contributed by atoms with Crippen molar-refractivity contribution in [3.63, 3.8) is 0 Å². The first-order chi connectivity index (χ1) is 11.6. The summed E-state index contributed by atoms with van der Waals surface area (Å²) in [6.45, 7) is 11.1. The lowest BCUT2D eigenvalue weighted by atomic mass is 9.89. The Morgan fingerprint density at radius 2 is 1.92 bits per heavy atom. The molecule has 3 rings (SSSR count). The molecular weight excluding hydrogens is 431 g/mol. The highest BCUT2D eigenvalue weighted by atomic mass is 127. The number of halogens is 1. The summed E-state index contributed by atoms with van der Waals surface area (Å²) in [5, 5.41) is 13.4. The number of aromatic hydroxyl groups is 1. The molecule has 2 N–H and O–H groups in total. The van der Waals surface area contributed by atoms with Gasteiger partial charge in [-0.1, -0.05) is 19.1 Å². The third kappa shape index (κ3) is 4.91. The second kappa shape index (κ2) is 8.93. The molecule has 140 valence electrons. The number of phenols is 1. The minimum Gasteiger partial charge on any atom is -0.506 e. The van der Waals surface area contributed by atoms with Crippen LogP contribution < -0.4 is 10.2 Å². The summed E-state index contributed by atoms with van der Waals surface area (Å²) in [5.74, 6) is 1.34. The predicted molar refractivity (Wildman–Crippen MR) is 112 cm³/mol. The number of hydrogen-bond acceptors (Lipinski definition) is 4. The summed E-state index contributed by atoms with van der Waals surface area (Å²) in [6, 6.07) is 7.54. The molecule has 0 saturated carbocycles. The zero-order valence-electron chi connectivity index (χ0n) is 15.1. The lowest BCUT2D eigenvalue weighted by molar-refractivity contribution is -0.0946. The first kappa shape index (κ1) is 20.1. The van der Waals surface area contributed by atoms with Gasteiger partial charge in [-0.2, -0.15) is 0 Å². The van der Waals surface area contributed by atoms with E-state index >= 15 is 0 Å². The SMILES string of the molecule is CCNC(=NCC1(C)COC1)N1CCN(c2ccccc2O)CC1.I. The topological polar surface area (TPSA) is 60.3 Å². The van der Waals surface area contributed by atoms with E-state index in [0.29, 0.717) is 5.75 Å². The van der Waals surface area contributed by atoms with Crippen molar-refractivity contribution in [3.8, 4) is 5.75 Å². The summed E-state index contributed by atoms with van der Waals surface area (Å²) in [4.78, 5) is 9.37. The zero-order chi connectivity index (χ0) is 17.0. The van der Waals surface area contributed by atoms with Crippen LogP contribution in [0.2, 0.25) is 0 Å². The lowest BCUT2D eigenvalue weighted by Crippen LogP contribution is -2.53. The van der Waals surface area contributed by atoms with E-state index in [4.69, 9.17) is 9.73 Å². The summed E-state index contributed by atoms with van der Waals surface area (Å²) >= 11 is 0. The Morgan fingerprint density at radius 3 is 2.48 bits per heavy atom. The molecule has 2 fully saturated rings. The van der Waals surface area contributed by atoms with Crippen LogP contribution >= 0.6 is 24.0 Å². The molecule has 2 aliphatic heterocycles. The maximum absolute atomic E-state index is 10.0. The van der Waals surface area contributed by atoms with Crippen molar-refractivity contribution >= 4 is 35.6 Å². The number of para-hydroxylation sites is 2. The molecule has 0 aliphatic carbocycles. The molecule has 1 aromatic carbocycles. The molecule has 0 atom stereocenters. The Morgan fingerprint density at radius 1 is 1.24 bits per heavy atom. The van der Waals surface area contributed by atoms with Crippen LogP contribution in [0.5, 0.6) is 5.75 Å². The quantitative estimate of drug-likeness (QED) is 0.410. The van der Waals surface area contributed by atoms with Crippen molar-refractivity contribution in [3.05, 3.63) is 24.3 Å². The van der Waals surface area contributed by atoms with Gasteiger partial charge in [-0.25, -0.2) is 0 Å². The highest BCUT2D eigenvalue weighted by Crippen LogP contribution is 2.28. The Kier molecular flexibility index (Phi) is 7.18. The van der Waals surface area contributed by atoms with Gasteiger partial charge in [-0.3, -0.25) is 4.99 Å². The standard InChI is InChI=1S/C18H28N4O2.HI/c1-3-19-17(20-12-18(2)13-24-14-18)22-10-8-21(9-11-22)15-6-4-5-7-16(15)23;/h4-7,23H,3,8-14H2,1-2H3,(H,19,20);1H. The van der Waals surface area contributed by atoms with Gasteiger partial charge in [0.05, 0.1) is 25.4 Å². The minimum atomic E-state index is 0. The van der Waals surface area contributed by atoms with E-state index in [-0.39, 0.29) is 29.4 Å². The highest BCUT2D eigenvalue weighted by Gasteiger charge is 2.33. The average molecular weight is 460 g/mol. The second-order valence-corrected chi connectivity index (χ2v) is 6.94. The summed E-state index contributed by atoms with van der Waals surface area (Å²) < 4.78 is 5.32. The molecule has 1 aromatic rings. The highest BCUT2D eigenvalue weighted by molar-refractivity contribution is 14.0. The normalized spacial score (nSPS) is 19.8. The largest absolute Gasteiger partial charge is 0.506 e. The summed E-state index contributed by atoms with van der Waals surface area (Å²) in [5.41, 5.74) is 1.11. The number of piperazine rings is 1. The molecule has 0 unspecified atom stereocenters. The van der Waals surface area contributed by atoms with Crippen LogP contribution in [0.25, 0.3) is 0 Å². The number of hydrogen-bond donors (Lipinski definition) is 2. The number of anilines is 1. The fourth-order valence-electron chi connectivity index (χ4n) is 3.12. The second-order valence-electron chi connectivity index (χ2n) is 6.94. The molecule has 0 bridgehead atoms. The first-order valence-electron chi connectivity index (χ1n) is 8.75. The minimum absolute atomic E-state index is 0. The van der Waals surface area contributed by atoms with Gasteiger partial charge >= 0.3 is 0 Å². The number of aliphatic imine (C=N–C) groups is 1. The molecular formula is C18H29IN4O2. The molecule has 0 spiro atoms. The van der Waals surface area contributed by atoms with Crippen LogP contribution in [-0.2, 0) is 4.74 Å². The van der Waals surface area contributed by atoms with Crippen molar-refractivity contribution in [1.29, 1.82) is 0 Å². The average Bonchev–Trinajstić information content (AvgIpc) is 2.58. The van der Waals surface area contributed by atoms with Gasteiger partial charge in [0.15, 0.2) is 5.96 Å². The van der Waals surface area contributed by atoms with E-state index in [1.165, 1.54) is 0 Å². The Hall–Kier alpha value is -1.22. The maximum Gasteiger partial charge on any atom is 0.194 e. The van der Waals surface area contributed by atoms with Crippen molar-refractivity contribution in [2.75, 3.05) is 57.4 Å². The molecule has 2 saturated heterocycles. The van der Waals surface area contributed by atoms with Gasteiger partial charge in [0.1, 0.15) is 5.75 Å². The molecule has 7 heteroatoms. The van der Waals surface area contributed by atoms with E-state index in [1.54, 1.807) is 6.07 Å². The Bertz CT molecular complexity index is 584. The van der Waals surface area contributed by atoms with Crippen LogP contribution in [0, 0.1) is 5.41 Å². The fraction of sp³-hybridized carbons (Fsp3) is 0.611. The van der Waals surface area contributed by atoms with Crippen LogP contribution in [-0.4, -0.2) is 68.4 Å².